The van der Waals surface area contributed by atoms with Gasteiger partial charge < -0.3 is 15.0 Å². The minimum Gasteiger partial charge on any atom is -0.468 e. The molecule has 2 atom stereocenters. The number of imidazole rings is 1. The van der Waals surface area contributed by atoms with E-state index in [0.717, 1.165) is 37.4 Å². The number of nitrogens with zero attached hydrogens (tertiary/aromatic N) is 1. The molecule has 0 aliphatic heterocycles. The summed E-state index contributed by atoms with van der Waals surface area (Å²) >= 11 is 1.71. The number of carbonyl (C=O) groups is 1. The van der Waals surface area contributed by atoms with Crippen LogP contribution in [0, 0.1) is 0 Å². The van der Waals surface area contributed by atoms with Gasteiger partial charge in [0.15, 0.2) is 5.16 Å². The van der Waals surface area contributed by atoms with E-state index in [1.54, 1.807) is 18.0 Å². The number of hydrogen-bond acceptors (Lipinski definition) is 5. The lowest BCUT2D eigenvalue weighted by Gasteiger charge is -2.27. The first-order valence-corrected chi connectivity index (χ1v) is 7.57. The maximum atomic E-state index is 12.1. The van der Waals surface area contributed by atoms with Gasteiger partial charge >= 0.3 is 5.97 Å². The molecule has 2 unspecified atom stereocenters. The molecule has 0 amide bonds. The van der Waals surface area contributed by atoms with Crippen molar-refractivity contribution in [2.45, 2.75) is 48.6 Å². The van der Waals surface area contributed by atoms with E-state index in [9.17, 15) is 4.79 Å². The van der Waals surface area contributed by atoms with Gasteiger partial charge in [0.25, 0.3) is 0 Å². The Hall–Kier alpha value is -1.01. The van der Waals surface area contributed by atoms with Crippen LogP contribution < -0.4 is 5.32 Å². The highest BCUT2D eigenvalue weighted by Gasteiger charge is 2.46. The van der Waals surface area contributed by atoms with Crippen molar-refractivity contribution in [1.29, 1.82) is 0 Å². The summed E-state index contributed by atoms with van der Waals surface area (Å²) in [6.07, 6.45) is 7.20. The number of thioether (sulfide) groups is 1. The molecule has 1 aliphatic rings. The summed E-state index contributed by atoms with van der Waals surface area (Å²) in [6.45, 7) is 2.94. The second kappa shape index (κ2) is 6.43. The fourth-order valence-corrected chi connectivity index (χ4v) is 3.73. The van der Waals surface area contributed by atoms with Crippen molar-refractivity contribution in [1.82, 2.24) is 15.3 Å². The van der Waals surface area contributed by atoms with Crippen molar-refractivity contribution in [2.75, 3.05) is 13.7 Å². The number of esters is 1. The molecule has 2 rings (SSSR count). The Morgan fingerprint density at radius 2 is 2.58 bits per heavy atom. The molecule has 0 saturated heterocycles. The van der Waals surface area contributed by atoms with E-state index in [1.165, 1.54) is 7.11 Å². The smallest absolute Gasteiger partial charge is 0.326 e. The molecule has 5 nitrogen and oxygen atoms in total. The Morgan fingerprint density at radius 1 is 1.74 bits per heavy atom. The lowest BCUT2D eigenvalue weighted by Crippen LogP contribution is -2.51. The van der Waals surface area contributed by atoms with Crippen LogP contribution in [-0.4, -0.2) is 40.4 Å². The zero-order valence-corrected chi connectivity index (χ0v) is 12.3. The van der Waals surface area contributed by atoms with E-state index >= 15 is 0 Å². The molecule has 1 aliphatic carbocycles. The highest BCUT2D eigenvalue weighted by molar-refractivity contribution is 7.99. The number of H-pyrrole nitrogens is 1. The minimum atomic E-state index is -0.505. The van der Waals surface area contributed by atoms with Crippen molar-refractivity contribution in [3.63, 3.8) is 0 Å². The van der Waals surface area contributed by atoms with Crippen molar-refractivity contribution >= 4 is 17.7 Å². The zero-order chi connectivity index (χ0) is 13.7. The maximum absolute atomic E-state index is 12.1. The van der Waals surface area contributed by atoms with Crippen LogP contribution in [0.15, 0.2) is 17.6 Å². The number of methoxy groups -OCH3 is 1. The first kappa shape index (κ1) is 14.4. The summed E-state index contributed by atoms with van der Waals surface area (Å²) in [6, 6.07) is 0. The first-order chi connectivity index (χ1) is 9.20. The number of rotatable bonds is 6. The molecule has 1 aromatic heterocycles. The van der Waals surface area contributed by atoms with Crippen LogP contribution in [0.25, 0.3) is 0 Å². The summed E-state index contributed by atoms with van der Waals surface area (Å²) in [5.74, 6) is -0.136. The predicted octanol–water partition coefficient (Wildman–Crippen LogP) is 1.97. The van der Waals surface area contributed by atoms with Crippen LogP contribution in [0.5, 0.6) is 0 Å². The largest absolute Gasteiger partial charge is 0.468 e. The fraction of sp³-hybridized carbons (Fsp3) is 0.692. The molecule has 106 valence electrons. The van der Waals surface area contributed by atoms with Gasteiger partial charge in [-0.1, -0.05) is 18.7 Å². The SMILES string of the molecule is CCCNC1(C(=O)OC)CCC(Sc2ncc[nH]2)C1. The Kier molecular flexibility index (Phi) is 4.87. The number of nitrogens with one attached hydrogen (secondary N) is 2. The van der Waals surface area contributed by atoms with Crippen LogP contribution >= 0.6 is 11.8 Å². The van der Waals surface area contributed by atoms with Gasteiger partial charge in [-0.05, 0) is 32.2 Å². The number of aromatic amines is 1. The van der Waals surface area contributed by atoms with Gasteiger partial charge in [-0.15, -0.1) is 0 Å². The Labute approximate surface area is 117 Å². The lowest BCUT2D eigenvalue weighted by molar-refractivity contribution is -0.148. The summed E-state index contributed by atoms with van der Waals surface area (Å²) in [5.41, 5.74) is -0.505. The zero-order valence-electron chi connectivity index (χ0n) is 11.4. The predicted molar refractivity (Wildman–Crippen MR) is 75.1 cm³/mol. The number of ether oxygens (including phenoxy) is 1. The van der Waals surface area contributed by atoms with Crippen molar-refractivity contribution in [2.24, 2.45) is 0 Å². The van der Waals surface area contributed by atoms with Gasteiger partial charge in [0.2, 0.25) is 0 Å². The standard InChI is InChI=1S/C13H21N3O2S/c1-3-6-16-13(11(17)18-2)5-4-10(9-13)19-12-14-7-8-15-12/h7-8,10,16H,3-6,9H2,1-2H3,(H,14,15). The summed E-state index contributed by atoms with van der Waals surface area (Å²) in [5, 5.41) is 4.70. The molecule has 0 aromatic carbocycles. The number of aromatic nitrogens is 2. The van der Waals surface area contributed by atoms with Gasteiger partial charge in [0, 0.05) is 17.6 Å². The minimum absolute atomic E-state index is 0.136. The monoisotopic (exact) mass is 283 g/mol. The molecule has 6 heteroatoms. The molecule has 2 N–H and O–H groups in total. The third-order valence-electron chi connectivity index (χ3n) is 3.51. The van der Waals surface area contributed by atoms with E-state index in [0.29, 0.717) is 5.25 Å². The second-order valence-corrected chi connectivity index (χ2v) is 6.17. The van der Waals surface area contributed by atoms with E-state index in [1.807, 2.05) is 6.20 Å². The molecule has 1 saturated carbocycles. The van der Waals surface area contributed by atoms with Crippen LogP contribution in [0.1, 0.15) is 32.6 Å². The van der Waals surface area contributed by atoms with Gasteiger partial charge in [-0.2, -0.15) is 0 Å². The second-order valence-electron chi connectivity index (χ2n) is 4.88. The quantitative estimate of drug-likeness (QED) is 0.781. The molecule has 19 heavy (non-hydrogen) atoms. The Morgan fingerprint density at radius 3 is 3.21 bits per heavy atom. The van der Waals surface area contributed by atoms with E-state index in [-0.39, 0.29) is 5.97 Å². The fourth-order valence-electron chi connectivity index (χ4n) is 2.55. The van der Waals surface area contributed by atoms with Crippen molar-refractivity contribution in [3.8, 4) is 0 Å². The van der Waals surface area contributed by atoms with Crippen LogP contribution in [-0.2, 0) is 9.53 Å². The van der Waals surface area contributed by atoms with E-state index in [4.69, 9.17) is 4.74 Å². The number of hydrogen-bond donors (Lipinski definition) is 2. The van der Waals surface area contributed by atoms with Gasteiger partial charge in [-0.3, -0.25) is 4.79 Å². The maximum Gasteiger partial charge on any atom is 0.326 e. The van der Waals surface area contributed by atoms with Gasteiger partial charge in [0.1, 0.15) is 5.54 Å². The molecular formula is C13H21N3O2S. The van der Waals surface area contributed by atoms with Crippen molar-refractivity contribution < 1.29 is 9.53 Å². The van der Waals surface area contributed by atoms with Crippen LogP contribution in [0.3, 0.4) is 0 Å². The third-order valence-corrected chi connectivity index (χ3v) is 4.69. The molecule has 1 fully saturated rings. The first-order valence-electron chi connectivity index (χ1n) is 6.69. The average Bonchev–Trinajstić information content (AvgIpc) is 3.07. The molecule has 0 radical (unpaired) electrons. The van der Waals surface area contributed by atoms with E-state index < -0.39 is 5.54 Å². The van der Waals surface area contributed by atoms with Crippen molar-refractivity contribution in [3.05, 3.63) is 12.4 Å². The summed E-state index contributed by atoms with van der Waals surface area (Å²) in [4.78, 5) is 19.4. The normalized spacial score (nSPS) is 26.5. The third kappa shape index (κ3) is 3.30. The molecule has 1 aromatic rings. The topological polar surface area (TPSA) is 67.0 Å². The van der Waals surface area contributed by atoms with E-state index in [2.05, 4.69) is 22.2 Å². The van der Waals surface area contributed by atoms with Gasteiger partial charge in [-0.25, -0.2) is 4.98 Å². The lowest BCUT2D eigenvalue weighted by atomic mass is 9.97. The highest BCUT2D eigenvalue weighted by atomic mass is 32.2. The Balaban J connectivity index is 2.00. The van der Waals surface area contributed by atoms with Gasteiger partial charge in [0.05, 0.1) is 7.11 Å². The van der Waals surface area contributed by atoms with Crippen LogP contribution in [0.4, 0.5) is 0 Å². The van der Waals surface area contributed by atoms with Crippen LogP contribution in [0.2, 0.25) is 0 Å². The molecule has 0 spiro atoms. The highest BCUT2D eigenvalue weighted by Crippen LogP contribution is 2.39. The molecule has 1 heterocycles. The molecule has 0 bridgehead atoms. The summed E-state index contributed by atoms with van der Waals surface area (Å²) < 4.78 is 4.98. The molecular weight excluding hydrogens is 262 g/mol. The average molecular weight is 283 g/mol. The Bertz CT molecular complexity index is 410. The number of carbonyl (C=O) groups excluding carboxylic acids is 1. The summed E-state index contributed by atoms with van der Waals surface area (Å²) in [7, 11) is 1.46.